The van der Waals surface area contributed by atoms with Crippen LogP contribution in [0.15, 0.2) is 22.6 Å². The van der Waals surface area contributed by atoms with Crippen molar-refractivity contribution in [3.63, 3.8) is 0 Å². The minimum atomic E-state index is -1.07. The van der Waals surface area contributed by atoms with Crippen LogP contribution >= 0.6 is 0 Å². The predicted molar refractivity (Wildman–Crippen MR) is 45.7 cm³/mol. The third-order valence-corrected chi connectivity index (χ3v) is 1.72. The lowest BCUT2D eigenvalue weighted by Crippen LogP contribution is -1.91. The van der Waals surface area contributed by atoms with E-state index < -0.39 is 5.97 Å². The van der Waals surface area contributed by atoms with Gasteiger partial charge in [-0.1, -0.05) is 0 Å². The van der Waals surface area contributed by atoms with E-state index >= 15 is 0 Å². The number of carboxylic acids is 1. The Balaban J connectivity index is 2.68. The fourth-order valence-electron chi connectivity index (χ4n) is 1.13. The van der Waals surface area contributed by atoms with E-state index in [4.69, 9.17) is 9.52 Å². The minimum Gasteiger partial charge on any atom is -0.475 e. The Morgan fingerprint density at radius 3 is 3.00 bits per heavy atom. The Hall–Kier alpha value is -1.84. The van der Waals surface area contributed by atoms with Gasteiger partial charge in [0.25, 0.3) is 0 Å². The zero-order valence-corrected chi connectivity index (χ0v) is 6.94. The molecule has 0 spiro atoms. The van der Waals surface area contributed by atoms with Crippen molar-refractivity contribution in [3.8, 4) is 0 Å². The number of carboxylic acid groups (broad SMARTS) is 1. The maximum Gasteiger partial charge on any atom is 0.371 e. The van der Waals surface area contributed by atoms with Gasteiger partial charge in [0.1, 0.15) is 5.52 Å². The van der Waals surface area contributed by atoms with Crippen LogP contribution in [-0.4, -0.2) is 16.1 Å². The summed E-state index contributed by atoms with van der Waals surface area (Å²) in [5.41, 5.74) is 1.92. The molecule has 2 aromatic heterocycles. The average Bonchev–Trinajstić information content (AvgIpc) is 2.46. The van der Waals surface area contributed by atoms with E-state index in [1.54, 1.807) is 12.1 Å². The molecular weight excluding hydrogens is 170 g/mol. The molecule has 0 aliphatic carbocycles. The highest BCUT2D eigenvalue weighted by Crippen LogP contribution is 2.17. The number of pyridine rings is 1. The van der Waals surface area contributed by atoms with Crippen molar-refractivity contribution in [2.45, 2.75) is 6.92 Å². The van der Waals surface area contributed by atoms with E-state index in [1.807, 2.05) is 6.92 Å². The maximum atomic E-state index is 10.5. The number of hydrogen-bond acceptors (Lipinski definition) is 3. The summed E-state index contributed by atoms with van der Waals surface area (Å²) in [6, 6.07) is 4.91. The predicted octanol–water partition coefficient (Wildman–Crippen LogP) is 1.83. The first-order valence-electron chi connectivity index (χ1n) is 3.77. The van der Waals surface area contributed by atoms with Crippen LogP contribution < -0.4 is 0 Å². The Morgan fingerprint density at radius 1 is 1.54 bits per heavy atom. The highest BCUT2D eigenvalue weighted by atomic mass is 16.4. The molecular formula is C9H7NO3. The highest BCUT2D eigenvalue weighted by Gasteiger charge is 2.10. The van der Waals surface area contributed by atoms with Crippen molar-refractivity contribution in [1.82, 2.24) is 4.98 Å². The van der Waals surface area contributed by atoms with Crippen molar-refractivity contribution >= 4 is 17.1 Å². The van der Waals surface area contributed by atoms with Crippen molar-refractivity contribution < 1.29 is 14.3 Å². The van der Waals surface area contributed by atoms with Crippen LogP contribution in [0.5, 0.6) is 0 Å². The van der Waals surface area contributed by atoms with Crippen LogP contribution in [-0.2, 0) is 0 Å². The first kappa shape index (κ1) is 7.79. The molecule has 0 radical (unpaired) electrons. The second-order valence-electron chi connectivity index (χ2n) is 2.75. The van der Waals surface area contributed by atoms with E-state index in [9.17, 15) is 4.79 Å². The van der Waals surface area contributed by atoms with Gasteiger partial charge in [0.2, 0.25) is 5.76 Å². The monoisotopic (exact) mass is 177 g/mol. The van der Waals surface area contributed by atoms with Gasteiger partial charge in [-0.3, -0.25) is 0 Å². The fourth-order valence-corrected chi connectivity index (χ4v) is 1.13. The van der Waals surface area contributed by atoms with E-state index in [0.29, 0.717) is 11.1 Å². The lowest BCUT2D eigenvalue weighted by atomic mass is 10.3. The molecule has 2 heterocycles. The van der Waals surface area contributed by atoms with Gasteiger partial charge in [0, 0.05) is 11.8 Å². The molecule has 4 heteroatoms. The van der Waals surface area contributed by atoms with E-state index in [1.165, 1.54) is 6.07 Å². The number of fused-ring (bicyclic) bond motifs is 1. The molecule has 1 N–H and O–H groups in total. The lowest BCUT2D eigenvalue weighted by molar-refractivity contribution is 0.0665. The molecule has 0 atom stereocenters. The Morgan fingerprint density at radius 2 is 2.31 bits per heavy atom. The number of furan rings is 1. The SMILES string of the molecule is Cc1ccc2oc(C(=O)O)cc2n1. The normalized spacial score (nSPS) is 10.5. The van der Waals surface area contributed by atoms with Gasteiger partial charge in [-0.2, -0.15) is 0 Å². The van der Waals surface area contributed by atoms with Gasteiger partial charge < -0.3 is 9.52 Å². The van der Waals surface area contributed by atoms with Crippen molar-refractivity contribution in [1.29, 1.82) is 0 Å². The molecule has 66 valence electrons. The molecule has 2 aromatic rings. The second-order valence-corrected chi connectivity index (χ2v) is 2.75. The molecule has 0 fully saturated rings. The number of aryl methyl sites for hydroxylation is 1. The Kier molecular flexibility index (Phi) is 1.55. The van der Waals surface area contributed by atoms with Gasteiger partial charge in [-0.05, 0) is 19.1 Å². The van der Waals surface area contributed by atoms with Crippen LogP contribution in [0.3, 0.4) is 0 Å². The van der Waals surface area contributed by atoms with E-state index in [2.05, 4.69) is 4.98 Å². The zero-order chi connectivity index (χ0) is 9.42. The van der Waals surface area contributed by atoms with Gasteiger partial charge in [-0.15, -0.1) is 0 Å². The van der Waals surface area contributed by atoms with Crippen LogP contribution in [0, 0.1) is 6.92 Å². The van der Waals surface area contributed by atoms with E-state index in [0.717, 1.165) is 5.69 Å². The van der Waals surface area contributed by atoms with Gasteiger partial charge in [-0.25, -0.2) is 9.78 Å². The van der Waals surface area contributed by atoms with E-state index in [-0.39, 0.29) is 5.76 Å². The quantitative estimate of drug-likeness (QED) is 0.721. The summed E-state index contributed by atoms with van der Waals surface area (Å²) in [7, 11) is 0. The number of nitrogens with zero attached hydrogens (tertiary/aromatic N) is 1. The first-order valence-corrected chi connectivity index (χ1v) is 3.77. The second kappa shape index (κ2) is 2.58. The van der Waals surface area contributed by atoms with Crippen molar-refractivity contribution in [2.24, 2.45) is 0 Å². The van der Waals surface area contributed by atoms with Gasteiger partial charge >= 0.3 is 5.97 Å². The smallest absolute Gasteiger partial charge is 0.371 e. The summed E-state index contributed by atoms with van der Waals surface area (Å²) in [6.07, 6.45) is 0. The molecule has 0 aliphatic heterocycles. The van der Waals surface area contributed by atoms with Crippen LogP contribution in [0.25, 0.3) is 11.1 Å². The molecule has 2 rings (SSSR count). The summed E-state index contributed by atoms with van der Waals surface area (Å²) in [6.45, 7) is 1.84. The third kappa shape index (κ3) is 1.26. The highest BCUT2D eigenvalue weighted by molar-refractivity contribution is 5.89. The molecule has 0 amide bonds. The third-order valence-electron chi connectivity index (χ3n) is 1.72. The van der Waals surface area contributed by atoms with Crippen LogP contribution in [0.4, 0.5) is 0 Å². The van der Waals surface area contributed by atoms with Crippen LogP contribution in [0.1, 0.15) is 16.2 Å². The number of carbonyl (C=O) groups is 1. The Labute approximate surface area is 73.8 Å². The maximum absolute atomic E-state index is 10.5. The zero-order valence-electron chi connectivity index (χ0n) is 6.94. The molecule has 0 bridgehead atoms. The summed E-state index contributed by atoms with van der Waals surface area (Å²) in [4.78, 5) is 14.7. The van der Waals surface area contributed by atoms with Gasteiger partial charge in [0.05, 0.1) is 0 Å². The number of rotatable bonds is 1. The first-order chi connectivity index (χ1) is 6.16. The Bertz CT molecular complexity index is 473. The van der Waals surface area contributed by atoms with Crippen molar-refractivity contribution in [3.05, 3.63) is 29.7 Å². The standard InChI is InChI=1S/C9H7NO3/c1-5-2-3-7-6(10-5)4-8(13-7)9(11)12/h2-4H,1H3,(H,11,12). The molecule has 0 saturated carbocycles. The molecule has 0 aromatic carbocycles. The topological polar surface area (TPSA) is 63.3 Å². The number of aromatic carboxylic acids is 1. The van der Waals surface area contributed by atoms with Crippen molar-refractivity contribution in [2.75, 3.05) is 0 Å². The summed E-state index contributed by atoms with van der Waals surface area (Å²) < 4.78 is 5.02. The van der Waals surface area contributed by atoms with Gasteiger partial charge in [0.15, 0.2) is 5.58 Å². The minimum absolute atomic E-state index is 0.0758. The molecule has 4 nitrogen and oxygen atoms in total. The lowest BCUT2D eigenvalue weighted by Gasteiger charge is -1.88. The number of hydrogen-bond donors (Lipinski definition) is 1. The summed E-state index contributed by atoms with van der Waals surface area (Å²) in [5.74, 6) is -1.15. The summed E-state index contributed by atoms with van der Waals surface area (Å²) >= 11 is 0. The largest absolute Gasteiger partial charge is 0.475 e. The number of aromatic nitrogens is 1. The molecule has 0 unspecified atom stereocenters. The summed E-state index contributed by atoms with van der Waals surface area (Å²) in [5, 5.41) is 8.63. The molecule has 0 saturated heterocycles. The average molecular weight is 177 g/mol. The van der Waals surface area contributed by atoms with Crippen LogP contribution in [0.2, 0.25) is 0 Å². The molecule has 0 aliphatic rings. The molecule has 13 heavy (non-hydrogen) atoms. The fraction of sp³-hybridized carbons (Fsp3) is 0.111.